The van der Waals surface area contributed by atoms with Crippen LogP contribution in [0.2, 0.25) is 0 Å². The van der Waals surface area contributed by atoms with Crippen molar-refractivity contribution in [3.63, 3.8) is 0 Å². The predicted octanol–water partition coefficient (Wildman–Crippen LogP) is 2.32. The van der Waals surface area contributed by atoms with E-state index >= 15 is 0 Å². The van der Waals surface area contributed by atoms with E-state index in [1.807, 2.05) is 6.92 Å². The first-order valence-corrected chi connectivity index (χ1v) is 10.8. The van der Waals surface area contributed by atoms with Crippen LogP contribution in [0.4, 0.5) is 0 Å². The molecule has 0 amide bonds. The molecule has 2 heterocycles. The monoisotopic (exact) mass is 401 g/mol. The first-order valence-electron chi connectivity index (χ1n) is 9.96. The van der Waals surface area contributed by atoms with Crippen LogP contribution >= 0.6 is 11.3 Å². The Morgan fingerprint density at radius 1 is 1.21 bits per heavy atom. The lowest BCUT2D eigenvalue weighted by Crippen LogP contribution is -2.37. The zero-order valence-electron chi connectivity index (χ0n) is 16.8. The number of nitrogens with zero attached hydrogens (tertiary/aromatic N) is 3. The van der Waals surface area contributed by atoms with Crippen molar-refractivity contribution >= 4 is 17.3 Å². The van der Waals surface area contributed by atoms with Crippen molar-refractivity contribution in [3.8, 4) is 0 Å². The van der Waals surface area contributed by atoms with Gasteiger partial charge in [-0.3, -0.25) is 9.89 Å². The molecule has 0 saturated carbocycles. The summed E-state index contributed by atoms with van der Waals surface area (Å²) in [7, 11) is 1.79. The number of guanidine groups is 1. The minimum Gasteiger partial charge on any atom is -0.393 e. The van der Waals surface area contributed by atoms with Gasteiger partial charge in [0.1, 0.15) is 0 Å². The van der Waals surface area contributed by atoms with E-state index in [0.717, 1.165) is 68.6 Å². The largest absolute Gasteiger partial charge is 0.393 e. The first kappa shape index (κ1) is 20.8. The summed E-state index contributed by atoms with van der Waals surface area (Å²) in [6.45, 7) is 6.50. The Bertz CT molecular complexity index is 750. The molecule has 0 radical (unpaired) electrons. The number of aliphatic hydroxyl groups is 1. The molecular weight excluding hydrogens is 370 g/mol. The number of likely N-dealkylation sites (tertiary alicyclic amines) is 1. The van der Waals surface area contributed by atoms with Gasteiger partial charge in [0, 0.05) is 51.6 Å². The van der Waals surface area contributed by atoms with E-state index in [9.17, 15) is 5.11 Å². The zero-order chi connectivity index (χ0) is 19.8. The normalized spacial score (nSPS) is 16.3. The highest BCUT2D eigenvalue weighted by Gasteiger charge is 2.16. The smallest absolute Gasteiger partial charge is 0.191 e. The van der Waals surface area contributed by atoms with Crippen molar-refractivity contribution in [2.45, 2.75) is 45.4 Å². The summed E-state index contributed by atoms with van der Waals surface area (Å²) >= 11 is 1.69. The molecule has 3 rings (SSSR count). The van der Waals surface area contributed by atoms with Gasteiger partial charge < -0.3 is 15.7 Å². The number of aromatic nitrogens is 1. The Morgan fingerprint density at radius 3 is 2.57 bits per heavy atom. The number of benzene rings is 1. The number of thiazole rings is 1. The van der Waals surface area contributed by atoms with Crippen molar-refractivity contribution in [1.29, 1.82) is 0 Å². The summed E-state index contributed by atoms with van der Waals surface area (Å²) in [4.78, 5) is 11.2. The fourth-order valence-electron chi connectivity index (χ4n) is 3.34. The van der Waals surface area contributed by atoms with Crippen LogP contribution in [0.5, 0.6) is 0 Å². The highest BCUT2D eigenvalue weighted by Crippen LogP contribution is 2.14. The maximum atomic E-state index is 9.62. The van der Waals surface area contributed by atoms with Crippen molar-refractivity contribution in [3.05, 3.63) is 51.5 Å². The average molecular weight is 402 g/mol. The Balaban J connectivity index is 1.39. The molecule has 7 heteroatoms. The third-order valence-corrected chi connectivity index (χ3v) is 5.83. The molecule has 28 heavy (non-hydrogen) atoms. The topological polar surface area (TPSA) is 72.8 Å². The first-order chi connectivity index (χ1) is 13.6. The van der Waals surface area contributed by atoms with Crippen molar-refractivity contribution < 1.29 is 5.11 Å². The molecule has 1 saturated heterocycles. The van der Waals surface area contributed by atoms with Crippen molar-refractivity contribution in [1.82, 2.24) is 20.5 Å². The van der Waals surface area contributed by atoms with Gasteiger partial charge in [0.05, 0.1) is 16.8 Å². The van der Waals surface area contributed by atoms with Crippen LogP contribution in [0.15, 0.2) is 34.6 Å². The molecule has 1 aliphatic heterocycles. The third-order valence-electron chi connectivity index (χ3n) is 5.01. The van der Waals surface area contributed by atoms with Gasteiger partial charge >= 0.3 is 0 Å². The molecule has 6 nitrogen and oxygen atoms in total. The predicted molar refractivity (Wildman–Crippen MR) is 116 cm³/mol. The number of nitrogens with one attached hydrogen (secondary N) is 2. The summed E-state index contributed by atoms with van der Waals surface area (Å²) in [6.07, 6.45) is 2.55. The molecular formula is C21H31N5OS. The number of aryl methyl sites for hydroxylation is 1. The van der Waals surface area contributed by atoms with Crippen LogP contribution in [0.3, 0.4) is 0 Å². The number of rotatable bonds is 7. The minimum atomic E-state index is -0.113. The molecule has 1 aromatic carbocycles. The number of hydrogen-bond donors (Lipinski definition) is 3. The number of hydrogen-bond acceptors (Lipinski definition) is 5. The van der Waals surface area contributed by atoms with Gasteiger partial charge in [-0.25, -0.2) is 4.98 Å². The van der Waals surface area contributed by atoms with Crippen LogP contribution in [0.25, 0.3) is 0 Å². The van der Waals surface area contributed by atoms with Gasteiger partial charge in [-0.05, 0) is 30.9 Å². The number of piperidine rings is 1. The van der Waals surface area contributed by atoms with Crippen molar-refractivity contribution in [2.75, 3.05) is 26.7 Å². The summed E-state index contributed by atoms with van der Waals surface area (Å²) in [5.41, 5.74) is 3.68. The van der Waals surface area contributed by atoms with Gasteiger partial charge in [-0.1, -0.05) is 24.3 Å². The molecule has 152 valence electrons. The second kappa shape index (κ2) is 10.5. The van der Waals surface area contributed by atoms with Gasteiger partial charge in [-0.2, -0.15) is 0 Å². The van der Waals surface area contributed by atoms with Crippen molar-refractivity contribution in [2.24, 2.45) is 4.99 Å². The van der Waals surface area contributed by atoms with Crippen LogP contribution in [-0.4, -0.2) is 53.7 Å². The summed E-state index contributed by atoms with van der Waals surface area (Å²) in [5, 5.41) is 19.5. The lowest BCUT2D eigenvalue weighted by atomic mass is 10.1. The number of aliphatic imine (C=N–C) groups is 1. The highest BCUT2D eigenvalue weighted by molar-refractivity contribution is 7.09. The molecule has 0 bridgehead atoms. The van der Waals surface area contributed by atoms with E-state index < -0.39 is 0 Å². The molecule has 0 atom stereocenters. The highest BCUT2D eigenvalue weighted by atomic mass is 32.1. The van der Waals surface area contributed by atoms with Gasteiger partial charge in [0.15, 0.2) is 5.96 Å². The van der Waals surface area contributed by atoms with Gasteiger partial charge in [0.2, 0.25) is 0 Å². The molecule has 1 aliphatic rings. The lowest BCUT2D eigenvalue weighted by Gasteiger charge is -2.29. The Hall–Kier alpha value is -1.96. The summed E-state index contributed by atoms with van der Waals surface area (Å²) in [5.74, 6) is 0.808. The van der Waals surface area contributed by atoms with Crippen LogP contribution < -0.4 is 10.6 Å². The zero-order valence-corrected chi connectivity index (χ0v) is 17.6. The maximum absolute atomic E-state index is 9.62. The lowest BCUT2D eigenvalue weighted by molar-refractivity contribution is 0.0792. The molecule has 0 unspecified atom stereocenters. The average Bonchev–Trinajstić information content (AvgIpc) is 3.12. The van der Waals surface area contributed by atoms with E-state index in [4.69, 9.17) is 0 Å². The molecule has 1 fully saturated rings. The molecule has 0 aliphatic carbocycles. The minimum absolute atomic E-state index is 0.113. The second-order valence-corrected chi connectivity index (χ2v) is 8.35. The van der Waals surface area contributed by atoms with Crippen LogP contribution in [0.1, 0.15) is 34.7 Å². The fourth-order valence-corrected chi connectivity index (χ4v) is 3.98. The molecule has 3 N–H and O–H groups in total. The third kappa shape index (κ3) is 6.58. The number of aliphatic hydroxyl groups excluding tert-OH is 1. The summed E-state index contributed by atoms with van der Waals surface area (Å²) < 4.78 is 0. The van der Waals surface area contributed by atoms with E-state index in [-0.39, 0.29) is 6.10 Å². The SMILES string of the molecule is CN=C(NCCc1csc(C)n1)NCc1ccc(CN2CCC(O)CC2)cc1. The van der Waals surface area contributed by atoms with Gasteiger partial charge in [-0.15, -0.1) is 11.3 Å². The quantitative estimate of drug-likeness (QED) is 0.491. The van der Waals surface area contributed by atoms with Crippen LogP contribution in [0, 0.1) is 6.92 Å². The summed E-state index contributed by atoms with van der Waals surface area (Å²) in [6, 6.07) is 8.74. The second-order valence-electron chi connectivity index (χ2n) is 7.28. The van der Waals surface area contributed by atoms with Gasteiger partial charge in [0.25, 0.3) is 0 Å². The maximum Gasteiger partial charge on any atom is 0.191 e. The molecule has 2 aromatic rings. The van der Waals surface area contributed by atoms with E-state index in [2.05, 4.69) is 55.2 Å². The fraction of sp³-hybridized carbons (Fsp3) is 0.524. The Morgan fingerprint density at radius 2 is 1.93 bits per heavy atom. The van der Waals surface area contributed by atoms with E-state index in [1.165, 1.54) is 11.1 Å². The Kier molecular flexibility index (Phi) is 7.82. The van der Waals surface area contributed by atoms with E-state index in [0.29, 0.717) is 0 Å². The van der Waals surface area contributed by atoms with E-state index in [1.54, 1.807) is 18.4 Å². The molecule has 0 spiro atoms. The Labute approximate surface area is 171 Å². The van der Waals surface area contributed by atoms with Crippen LogP contribution in [-0.2, 0) is 19.5 Å². The molecule has 1 aromatic heterocycles. The standard InChI is InChI=1S/C21H31N5OS/c1-16-25-19(15-28-16)7-10-23-21(22-2)24-13-17-3-5-18(6-4-17)14-26-11-8-20(27)9-12-26/h3-6,15,20,27H,7-14H2,1-2H3,(H2,22,23,24).